The van der Waals surface area contributed by atoms with E-state index in [1.54, 1.807) is 18.2 Å². The molecular weight excluding hydrogens is 428 g/mol. The normalized spacial score (nSPS) is 17.7. The van der Waals surface area contributed by atoms with E-state index in [-0.39, 0.29) is 18.5 Å². The van der Waals surface area contributed by atoms with Crippen molar-refractivity contribution in [3.8, 4) is 11.5 Å². The van der Waals surface area contributed by atoms with Crippen molar-refractivity contribution in [2.75, 3.05) is 13.4 Å². The van der Waals surface area contributed by atoms with E-state index in [9.17, 15) is 9.90 Å². The lowest BCUT2D eigenvalue weighted by Crippen LogP contribution is -2.31. The van der Waals surface area contributed by atoms with Gasteiger partial charge >= 0.3 is 5.97 Å². The topological polar surface area (TPSA) is 82.8 Å². The molecule has 0 unspecified atom stereocenters. The van der Waals surface area contributed by atoms with E-state index < -0.39 is 5.97 Å². The summed E-state index contributed by atoms with van der Waals surface area (Å²) in [5.74, 6) is 1.31. The van der Waals surface area contributed by atoms with Gasteiger partial charge in [0, 0.05) is 18.6 Å². The molecule has 7 nitrogen and oxygen atoms in total. The molecule has 28 heavy (non-hydrogen) atoms. The van der Waals surface area contributed by atoms with Gasteiger partial charge in [-0.2, -0.15) is 0 Å². The molecule has 1 aromatic heterocycles. The Hall–Kier alpha value is -2.58. The van der Waals surface area contributed by atoms with E-state index in [1.807, 2.05) is 12.1 Å². The van der Waals surface area contributed by atoms with Crippen LogP contribution in [0.25, 0.3) is 11.0 Å². The lowest BCUT2D eigenvalue weighted by molar-refractivity contribution is -0.0589. The van der Waals surface area contributed by atoms with Crippen molar-refractivity contribution in [3.05, 3.63) is 51.8 Å². The fourth-order valence-electron chi connectivity index (χ4n) is 3.61. The first-order chi connectivity index (χ1) is 13.6. The van der Waals surface area contributed by atoms with E-state index in [2.05, 4.69) is 20.5 Å². The van der Waals surface area contributed by atoms with Gasteiger partial charge in [-0.25, -0.2) is 9.78 Å². The Labute approximate surface area is 169 Å². The molecule has 1 saturated heterocycles. The summed E-state index contributed by atoms with van der Waals surface area (Å²) in [6.07, 6.45) is 1.66. The molecule has 5 rings (SSSR count). The Morgan fingerprint density at radius 1 is 1.25 bits per heavy atom. The van der Waals surface area contributed by atoms with Gasteiger partial charge < -0.3 is 23.9 Å². The van der Waals surface area contributed by atoms with E-state index >= 15 is 0 Å². The first-order valence-electron chi connectivity index (χ1n) is 9.01. The van der Waals surface area contributed by atoms with Gasteiger partial charge in [0.05, 0.1) is 33.7 Å². The minimum atomic E-state index is -0.952. The number of nitrogens with zero attached hydrogens (tertiary/aromatic N) is 2. The van der Waals surface area contributed by atoms with Crippen LogP contribution in [0.15, 0.2) is 34.8 Å². The van der Waals surface area contributed by atoms with Crippen molar-refractivity contribution in [3.63, 3.8) is 0 Å². The minimum absolute atomic E-state index is 0.125. The number of carbonyl (C=O) groups is 1. The second-order valence-electron chi connectivity index (χ2n) is 6.88. The zero-order valence-corrected chi connectivity index (χ0v) is 16.4. The zero-order chi connectivity index (χ0) is 19.3. The van der Waals surface area contributed by atoms with Gasteiger partial charge in [-0.05, 0) is 46.6 Å². The van der Waals surface area contributed by atoms with Gasteiger partial charge in [-0.15, -0.1) is 0 Å². The third kappa shape index (κ3) is 2.93. The van der Waals surface area contributed by atoms with Gasteiger partial charge in [-0.1, -0.05) is 6.07 Å². The average Bonchev–Trinajstić information content (AvgIpc) is 3.25. The van der Waals surface area contributed by atoms with Crippen LogP contribution in [0.3, 0.4) is 0 Å². The number of imidazole rings is 1. The summed E-state index contributed by atoms with van der Waals surface area (Å²) in [5, 5.41) is 9.36. The first kappa shape index (κ1) is 17.5. The SMILES string of the molecule is O=C(O)c1ccc2nc(Cc3ccc(Br)c4c3OCO4)n(C[C@@H]3CCO3)c2c1. The number of hydrogen-bond donors (Lipinski definition) is 1. The van der Waals surface area contributed by atoms with Crippen molar-refractivity contribution in [1.82, 2.24) is 9.55 Å². The maximum atomic E-state index is 11.4. The monoisotopic (exact) mass is 444 g/mol. The molecule has 0 aliphatic carbocycles. The third-order valence-corrected chi connectivity index (χ3v) is 5.78. The molecule has 0 saturated carbocycles. The summed E-state index contributed by atoms with van der Waals surface area (Å²) >= 11 is 3.48. The summed E-state index contributed by atoms with van der Waals surface area (Å²) in [6.45, 7) is 1.60. The van der Waals surface area contributed by atoms with Crippen LogP contribution >= 0.6 is 15.9 Å². The van der Waals surface area contributed by atoms with Crippen LogP contribution in [0.5, 0.6) is 11.5 Å². The Bertz CT molecular complexity index is 1090. The Kier molecular flexibility index (Phi) is 4.25. The van der Waals surface area contributed by atoms with E-state index in [4.69, 9.17) is 19.2 Å². The number of aromatic carboxylic acids is 1. The Balaban J connectivity index is 1.59. The van der Waals surface area contributed by atoms with Gasteiger partial charge in [0.25, 0.3) is 0 Å². The summed E-state index contributed by atoms with van der Waals surface area (Å²) < 4.78 is 19.7. The van der Waals surface area contributed by atoms with E-state index in [0.29, 0.717) is 18.7 Å². The van der Waals surface area contributed by atoms with Crippen molar-refractivity contribution in [1.29, 1.82) is 0 Å². The molecule has 0 spiro atoms. The molecule has 2 aliphatic heterocycles. The number of carboxylic acids is 1. The second kappa shape index (κ2) is 6.79. The number of halogens is 1. The average molecular weight is 445 g/mol. The van der Waals surface area contributed by atoms with Crippen LogP contribution in [-0.4, -0.2) is 40.1 Å². The van der Waals surface area contributed by atoms with Crippen LogP contribution in [0, 0.1) is 0 Å². The van der Waals surface area contributed by atoms with Crippen LogP contribution in [-0.2, 0) is 17.7 Å². The number of hydrogen-bond acceptors (Lipinski definition) is 5. The molecule has 2 aromatic carbocycles. The highest BCUT2D eigenvalue weighted by Gasteiger charge is 2.25. The lowest BCUT2D eigenvalue weighted by atomic mass is 10.1. The number of fused-ring (bicyclic) bond motifs is 2. The fourth-order valence-corrected chi connectivity index (χ4v) is 4.03. The number of rotatable bonds is 5. The molecule has 1 atom stereocenters. The Morgan fingerprint density at radius 2 is 2.07 bits per heavy atom. The number of carboxylic acid groups (broad SMARTS) is 1. The molecule has 2 aliphatic rings. The van der Waals surface area contributed by atoms with Crippen LogP contribution in [0.4, 0.5) is 0 Å². The van der Waals surface area contributed by atoms with Gasteiger partial charge in [0.1, 0.15) is 5.82 Å². The smallest absolute Gasteiger partial charge is 0.335 e. The molecule has 8 heteroatoms. The largest absolute Gasteiger partial charge is 0.478 e. The summed E-state index contributed by atoms with van der Waals surface area (Å²) in [7, 11) is 0. The highest BCUT2D eigenvalue weighted by molar-refractivity contribution is 9.10. The first-order valence-corrected chi connectivity index (χ1v) is 9.80. The highest BCUT2D eigenvalue weighted by atomic mass is 79.9. The fraction of sp³-hybridized carbons (Fsp3) is 0.300. The predicted octanol–water partition coefficient (Wildman–Crippen LogP) is 3.61. The van der Waals surface area contributed by atoms with E-state index in [1.165, 1.54) is 0 Å². The maximum absolute atomic E-state index is 11.4. The van der Waals surface area contributed by atoms with Crippen LogP contribution < -0.4 is 9.47 Å². The van der Waals surface area contributed by atoms with Crippen LogP contribution in [0.1, 0.15) is 28.2 Å². The van der Waals surface area contributed by atoms with Crippen molar-refractivity contribution in [2.45, 2.75) is 25.5 Å². The van der Waals surface area contributed by atoms with E-state index in [0.717, 1.165) is 45.7 Å². The number of benzene rings is 2. The zero-order valence-electron chi connectivity index (χ0n) is 14.9. The van der Waals surface area contributed by atoms with Crippen molar-refractivity contribution in [2.24, 2.45) is 0 Å². The number of aromatic nitrogens is 2. The highest BCUT2D eigenvalue weighted by Crippen LogP contribution is 2.42. The Morgan fingerprint density at radius 3 is 2.82 bits per heavy atom. The second-order valence-corrected chi connectivity index (χ2v) is 7.73. The lowest BCUT2D eigenvalue weighted by Gasteiger charge is -2.27. The maximum Gasteiger partial charge on any atom is 0.335 e. The molecule has 0 amide bonds. The van der Waals surface area contributed by atoms with Crippen molar-refractivity contribution >= 4 is 32.9 Å². The predicted molar refractivity (Wildman–Crippen MR) is 104 cm³/mol. The molecule has 0 radical (unpaired) electrons. The van der Waals surface area contributed by atoms with Gasteiger partial charge in [0.15, 0.2) is 11.5 Å². The summed E-state index contributed by atoms with van der Waals surface area (Å²) in [6, 6.07) is 8.95. The summed E-state index contributed by atoms with van der Waals surface area (Å²) in [4.78, 5) is 16.2. The molecule has 1 fully saturated rings. The third-order valence-electron chi connectivity index (χ3n) is 5.15. The van der Waals surface area contributed by atoms with Crippen molar-refractivity contribution < 1.29 is 24.1 Å². The molecule has 3 heterocycles. The molecule has 3 aromatic rings. The standard InChI is InChI=1S/C20H17BrN2O5/c21-14-3-1-11(18-19(14)28-10-27-18)8-17-22-15-4-2-12(20(24)25)7-16(15)23(17)9-13-5-6-26-13/h1-4,7,13H,5-6,8-10H2,(H,24,25)/t13-/m0/s1. The molecule has 144 valence electrons. The number of ether oxygens (including phenoxy) is 3. The summed E-state index contributed by atoms with van der Waals surface area (Å²) in [5.41, 5.74) is 2.79. The van der Waals surface area contributed by atoms with Crippen LogP contribution in [0.2, 0.25) is 0 Å². The minimum Gasteiger partial charge on any atom is -0.478 e. The molecule has 0 bridgehead atoms. The van der Waals surface area contributed by atoms with Gasteiger partial charge in [-0.3, -0.25) is 0 Å². The van der Waals surface area contributed by atoms with Gasteiger partial charge in [0.2, 0.25) is 6.79 Å². The molecular formula is C20H17BrN2O5. The quantitative estimate of drug-likeness (QED) is 0.647. The molecule has 1 N–H and O–H groups in total.